The van der Waals surface area contributed by atoms with E-state index in [1.165, 1.54) is 0 Å². The van der Waals surface area contributed by atoms with E-state index in [-0.39, 0.29) is 13.0 Å². The molecule has 0 spiro atoms. The number of anilines is 2. The van der Waals surface area contributed by atoms with E-state index < -0.39 is 17.9 Å². The number of hydrogen-bond donors (Lipinski definition) is 2. The number of carbonyl (C=O) groups excluding carboxylic acids is 2. The molecule has 0 radical (unpaired) electrons. The molecule has 0 saturated carbocycles. The van der Waals surface area contributed by atoms with E-state index >= 15 is 0 Å². The normalized spacial score (nSPS) is 10.9. The summed E-state index contributed by atoms with van der Waals surface area (Å²) in [6.45, 7) is 5.68. The van der Waals surface area contributed by atoms with E-state index in [0.29, 0.717) is 22.0 Å². The molecule has 0 fully saturated rings. The third-order valence-electron chi connectivity index (χ3n) is 4.18. The summed E-state index contributed by atoms with van der Waals surface area (Å²) in [4.78, 5) is 29.9. The number of ether oxygens (including phenoxy) is 1. The van der Waals surface area contributed by atoms with Crippen LogP contribution in [0.3, 0.4) is 0 Å². The average molecular weight is 455 g/mol. The Bertz CT molecular complexity index is 1060. The van der Waals surface area contributed by atoms with Crippen LogP contribution < -0.4 is 10.6 Å². The summed E-state index contributed by atoms with van der Waals surface area (Å²) in [5, 5.41) is 19.1. The van der Waals surface area contributed by atoms with Crippen molar-refractivity contribution >= 4 is 58.1 Å². The predicted octanol–water partition coefficient (Wildman–Crippen LogP) is 4.98. The number of nitrogens with one attached hydrogen (secondary N) is 2. The van der Waals surface area contributed by atoms with E-state index in [4.69, 9.17) is 22.2 Å². The van der Waals surface area contributed by atoms with Gasteiger partial charge in [-0.25, -0.2) is 4.79 Å². The highest BCUT2D eigenvalue weighted by Gasteiger charge is 2.24. The van der Waals surface area contributed by atoms with Gasteiger partial charge in [0.15, 0.2) is 0 Å². The van der Waals surface area contributed by atoms with Crippen LogP contribution in [0.2, 0.25) is 0 Å². The van der Waals surface area contributed by atoms with Gasteiger partial charge in [0.2, 0.25) is 5.91 Å². The number of thiocyanates is 1. The number of nitrogens with zero attached hydrogens (tertiary/aromatic N) is 2. The topological polar surface area (TPSA) is 104 Å². The lowest BCUT2D eigenvalue weighted by atomic mass is 10.1. The Labute approximate surface area is 190 Å². The summed E-state index contributed by atoms with van der Waals surface area (Å²) in [5.74, 6) is -0.966. The fourth-order valence-electron chi connectivity index (χ4n) is 2.78. The number of thiocarbonyl (C=S) groups is 1. The van der Waals surface area contributed by atoms with E-state index in [0.717, 1.165) is 22.9 Å². The van der Waals surface area contributed by atoms with Gasteiger partial charge in [0.25, 0.3) is 0 Å². The van der Waals surface area contributed by atoms with Crippen LogP contribution in [0.15, 0.2) is 46.3 Å². The molecule has 7 nitrogen and oxygen atoms in total. The Morgan fingerprint density at radius 1 is 1.19 bits per heavy atom. The first kappa shape index (κ1) is 24.1. The molecule has 0 bridgehead atoms. The van der Waals surface area contributed by atoms with Gasteiger partial charge in [0.1, 0.15) is 11.4 Å². The van der Waals surface area contributed by atoms with Crippen molar-refractivity contribution in [3.63, 3.8) is 0 Å². The molecule has 0 heterocycles. The van der Waals surface area contributed by atoms with Crippen LogP contribution in [0.1, 0.15) is 24.5 Å². The maximum Gasteiger partial charge on any atom is 0.329 e. The molecule has 9 heteroatoms. The van der Waals surface area contributed by atoms with Gasteiger partial charge in [-0.05, 0) is 80.1 Å². The molecule has 0 aliphatic heterocycles. The monoisotopic (exact) mass is 454 g/mol. The number of isothiocyanates is 1. The number of nitriles is 1. The summed E-state index contributed by atoms with van der Waals surface area (Å²) < 4.78 is 5.13. The van der Waals surface area contributed by atoms with Gasteiger partial charge in [0.05, 0.1) is 35.3 Å². The van der Waals surface area contributed by atoms with Crippen LogP contribution in [-0.4, -0.2) is 29.7 Å². The Morgan fingerprint density at radius 3 is 2.52 bits per heavy atom. The first-order chi connectivity index (χ1) is 14.9. The van der Waals surface area contributed by atoms with Crippen LogP contribution in [0.25, 0.3) is 0 Å². The Balaban J connectivity index is 2.24. The van der Waals surface area contributed by atoms with E-state index in [2.05, 4.69) is 20.8 Å². The fourth-order valence-corrected chi connectivity index (χ4v) is 3.45. The first-order valence-electron chi connectivity index (χ1n) is 9.46. The van der Waals surface area contributed by atoms with Crippen LogP contribution >= 0.6 is 24.0 Å². The molecular formula is C22H22N4O3S2. The third-order valence-corrected chi connectivity index (χ3v) is 4.92. The van der Waals surface area contributed by atoms with E-state index in [1.807, 2.05) is 37.4 Å². The summed E-state index contributed by atoms with van der Waals surface area (Å²) in [7, 11) is 0. The molecule has 2 rings (SSSR count). The second-order valence-electron chi connectivity index (χ2n) is 6.62. The number of benzene rings is 2. The molecule has 1 atom stereocenters. The molecule has 2 aromatic carbocycles. The second-order valence-corrected chi connectivity index (χ2v) is 7.63. The minimum atomic E-state index is -0.945. The first-order valence-corrected chi connectivity index (χ1v) is 10.7. The number of amides is 1. The van der Waals surface area contributed by atoms with Crippen molar-refractivity contribution < 1.29 is 14.3 Å². The third kappa shape index (κ3) is 7.23. The van der Waals surface area contributed by atoms with Gasteiger partial charge in [-0.3, -0.25) is 4.79 Å². The molecule has 0 aromatic heterocycles. The average Bonchev–Trinajstić information content (AvgIpc) is 2.72. The highest BCUT2D eigenvalue weighted by Crippen LogP contribution is 2.29. The van der Waals surface area contributed by atoms with Crippen LogP contribution in [0, 0.1) is 24.5 Å². The molecule has 0 aliphatic rings. The lowest BCUT2D eigenvalue weighted by Crippen LogP contribution is -2.35. The molecule has 160 valence electrons. The quantitative estimate of drug-likeness (QED) is 0.181. The molecule has 0 saturated heterocycles. The van der Waals surface area contributed by atoms with E-state index in [9.17, 15) is 9.59 Å². The van der Waals surface area contributed by atoms with Gasteiger partial charge in [-0.15, -0.1) is 0 Å². The maximum atomic E-state index is 12.7. The van der Waals surface area contributed by atoms with Crippen molar-refractivity contribution in [1.82, 2.24) is 0 Å². The summed E-state index contributed by atoms with van der Waals surface area (Å²) in [5.41, 5.74) is 3.47. The smallest absolute Gasteiger partial charge is 0.329 e. The van der Waals surface area contributed by atoms with Crippen molar-refractivity contribution in [1.29, 1.82) is 5.26 Å². The number of carbonyl (C=O) groups is 2. The lowest BCUT2D eigenvalue weighted by molar-refractivity contribution is -0.145. The number of aliphatic imine (C=N–C) groups is 1. The molecule has 1 unspecified atom stereocenters. The summed E-state index contributed by atoms with van der Waals surface area (Å²) >= 11 is 5.66. The number of hydrogen-bond acceptors (Lipinski definition) is 8. The number of rotatable bonds is 9. The van der Waals surface area contributed by atoms with E-state index in [1.54, 1.807) is 25.1 Å². The van der Waals surface area contributed by atoms with Crippen LogP contribution in [0.4, 0.5) is 17.1 Å². The zero-order valence-corrected chi connectivity index (χ0v) is 19.0. The SMILES string of the molecule is CCOC(=O)C(CC(=O)Nc1ccc(C)cc1SC#N)Nc1ccc(C)cc1N=C=S. The highest BCUT2D eigenvalue weighted by atomic mass is 32.2. The Hall–Kier alpha value is -3.18. The van der Waals surface area contributed by atoms with Gasteiger partial charge in [-0.1, -0.05) is 12.1 Å². The molecular weight excluding hydrogens is 432 g/mol. The molecule has 2 aromatic rings. The van der Waals surface area contributed by atoms with Crippen LogP contribution in [0.5, 0.6) is 0 Å². The van der Waals surface area contributed by atoms with Crippen molar-refractivity contribution in [3.8, 4) is 5.40 Å². The largest absolute Gasteiger partial charge is 0.464 e. The standard InChI is InChI=1S/C22H22N4O3S2/c1-4-29-22(28)19(25-16-7-5-14(2)9-18(16)24-13-30)11-21(27)26-17-8-6-15(3)10-20(17)31-12-23/h5-10,19,25H,4,11H2,1-3H3,(H,26,27). The minimum absolute atomic E-state index is 0.179. The Kier molecular flexibility index (Phi) is 9.22. The van der Waals surface area contributed by atoms with Gasteiger partial charge >= 0.3 is 5.97 Å². The molecule has 0 aliphatic carbocycles. The van der Waals surface area contributed by atoms with Gasteiger partial charge in [0, 0.05) is 4.90 Å². The predicted molar refractivity (Wildman–Crippen MR) is 126 cm³/mol. The Morgan fingerprint density at radius 2 is 1.87 bits per heavy atom. The maximum absolute atomic E-state index is 12.7. The summed E-state index contributed by atoms with van der Waals surface area (Å²) in [6.07, 6.45) is -0.183. The van der Waals surface area contributed by atoms with Crippen molar-refractivity contribution in [2.45, 2.75) is 38.1 Å². The zero-order chi connectivity index (χ0) is 22.8. The second kappa shape index (κ2) is 11.9. The highest BCUT2D eigenvalue weighted by molar-refractivity contribution is 8.03. The van der Waals surface area contributed by atoms with Gasteiger partial charge in [-0.2, -0.15) is 10.3 Å². The molecule has 31 heavy (non-hydrogen) atoms. The molecule has 2 N–H and O–H groups in total. The number of esters is 1. The lowest BCUT2D eigenvalue weighted by Gasteiger charge is -2.19. The number of thioether (sulfide) groups is 1. The number of aryl methyl sites for hydroxylation is 2. The minimum Gasteiger partial charge on any atom is -0.464 e. The van der Waals surface area contributed by atoms with Crippen molar-refractivity contribution in [3.05, 3.63) is 47.5 Å². The van der Waals surface area contributed by atoms with Crippen LogP contribution in [-0.2, 0) is 14.3 Å². The zero-order valence-electron chi connectivity index (χ0n) is 17.4. The molecule has 1 amide bonds. The fraction of sp³-hybridized carbons (Fsp3) is 0.273. The van der Waals surface area contributed by atoms with Gasteiger partial charge < -0.3 is 15.4 Å². The summed E-state index contributed by atoms with van der Waals surface area (Å²) in [6, 6.07) is 9.83. The van der Waals surface area contributed by atoms with Crippen molar-refractivity contribution in [2.75, 3.05) is 17.2 Å². The van der Waals surface area contributed by atoms with Crippen molar-refractivity contribution in [2.24, 2.45) is 4.99 Å².